The lowest BCUT2D eigenvalue weighted by molar-refractivity contribution is -0.156. The van der Waals surface area contributed by atoms with Gasteiger partial charge in [0.15, 0.2) is 0 Å². The monoisotopic (exact) mass is 449 g/mol. The SMILES string of the molecule is N#Cc1ccc(C2CC(COc3ccnc(Cl)c3)NC2C(F)(F)F)cc1C(F)(F)F. The first-order valence-electron chi connectivity index (χ1n) is 8.67. The third-order valence-electron chi connectivity index (χ3n) is 4.76. The van der Waals surface area contributed by atoms with Crippen molar-refractivity contribution < 1.29 is 31.1 Å². The average molecular weight is 450 g/mol. The Bertz CT molecular complexity index is 957. The quantitative estimate of drug-likeness (QED) is 0.522. The zero-order valence-electron chi connectivity index (χ0n) is 15.1. The van der Waals surface area contributed by atoms with Crippen LogP contribution in [0.15, 0.2) is 36.5 Å². The van der Waals surface area contributed by atoms with Gasteiger partial charge in [-0.25, -0.2) is 4.98 Å². The highest BCUT2D eigenvalue weighted by atomic mass is 35.5. The second kappa shape index (κ2) is 8.32. The van der Waals surface area contributed by atoms with Gasteiger partial charge in [-0.15, -0.1) is 0 Å². The first kappa shape index (κ1) is 22.2. The summed E-state index contributed by atoms with van der Waals surface area (Å²) in [5.41, 5.74) is -2.05. The lowest BCUT2D eigenvalue weighted by Crippen LogP contribution is -2.44. The number of pyridine rings is 1. The fourth-order valence-electron chi connectivity index (χ4n) is 3.44. The van der Waals surface area contributed by atoms with Crippen LogP contribution in [0.3, 0.4) is 0 Å². The molecule has 1 saturated heterocycles. The number of rotatable bonds is 4. The highest BCUT2D eigenvalue weighted by Gasteiger charge is 2.51. The zero-order valence-corrected chi connectivity index (χ0v) is 15.8. The molecule has 2 heterocycles. The number of alkyl halides is 6. The summed E-state index contributed by atoms with van der Waals surface area (Å²) in [4.78, 5) is 3.76. The van der Waals surface area contributed by atoms with Crippen molar-refractivity contribution in [3.63, 3.8) is 0 Å². The minimum absolute atomic E-state index is 0.105. The van der Waals surface area contributed by atoms with Gasteiger partial charge in [0.05, 0.1) is 17.2 Å². The Morgan fingerprint density at radius 2 is 1.90 bits per heavy atom. The van der Waals surface area contributed by atoms with Gasteiger partial charge in [-0.3, -0.25) is 5.32 Å². The first-order chi connectivity index (χ1) is 14.0. The standard InChI is InChI=1S/C19H14ClF6N3O/c20-16-7-13(3-4-28-16)30-9-12-6-14(17(29-12)19(24,25)26)10-1-2-11(8-27)15(5-10)18(21,22)23/h1-5,7,12,14,17,29H,6,9H2. The number of halogens is 7. The van der Waals surface area contributed by atoms with Crippen LogP contribution in [0.4, 0.5) is 26.3 Å². The summed E-state index contributed by atoms with van der Waals surface area (Å²) in [7, 11) is 0. The maximum atomic E-state index is 13.6. The Balaban J connectivity index is 1.85. The van der Waals surface area contributed by atoms with Gasteiger partial charge in [0.1, 0.15) is 23.6 Å². The molecule has 11 heteroatoms. The highest BCUT2D eigenvalue weighted by molar-refractivity contribution is 6.29. The van der Waals surface area contributed by atoms with Gasteiger partial charge in [-0.2, -0.15) is 31.6 Å². The van der Waals surface area contributed by atoms with Crippen molar-refractivity contribution in [1.82, 2.24) is 10.3 Å². The van der Waals surface area contributed by atoms with Crippen molar-refractivity contribution in [3.05, 3.63) is 58.4 Å². The van der Waals surface area contributed by atoms with Gasteiger partial charge >= 0.3 is 12.4 Å². The van der Waals surface area contributed by atoms with Crippen LogP contribution in [0.1, 0.15) is 29.0 Å². The van der Waals surface area contributed by atoms with Crippen LogP contribution < -0.4 is 10.1 Å². The predicted octanol–water partition coefficient (Wildman–Crippen LogP) is 5.08. The summed E-state index contributed by atoms with van der Waals surface area (Å²) >= 11 is 5.73. The number of aromatic nitrogens is 1. The normalized spacial score (nSPS) is 22.0. The topological polar surface area (TPSA) is 57.9 Å². The van der Waals surface area contributed by atoms with Crippen LogP contribution in [0.25, 0.3) is 0 Å². The molecular weight excluding hydrogens is 436 g/mol. The summed E-state index contributed by atoms with van der Waals surface area (Å²) in [5.74, 6) is -0.963. The summed E-state index contributed by atoms with van der Waals surface area (Å²) in [6.45, 7) is -0.147. The molecular formula is C19H14ClF6N3O. The number of nitriles is 1. The number of nitrogens with one attached hydrogen (secondary N) is 1. The Morgan fingerprint density at radius 1 is 1.17 bits per heavy atom. The molecule has 1 aliphatic rings. The Kier molecular flexibility index (Phi) is 6.15. The third-order valence-corrected chi connectivity index (χ3v) is 4.96. The molecule has 4 nitrogen and oxygen atoms in total. The largest absolute Gasteiger partial charge is 0.492 e. The maximum Gasteiger partial charge on any atom is 0.417 e. The smallest absolute Gasteiger partial charge is 0.417 e. The highest BCUT2D eigenvalue weighted by Crippen LogP contribution is 2.42. The van der Waals surface area contributed by atoms with E-state index in [1.807, 2.05) is 0 Å². The molecule has 0 bridgehead atoms. The van der Waals surface area contributed by atoms with Gasteiger partial charge in [-0.1, -0.05) is 17.7 Å². The lowest BCUT2D eigenvalue weighted by atomic mass is 9.88. The van der Waals surface area contributed by atoms with E-state index in [9.17, 15) is 26.3 Å². The first-order valence-corrected chi connectivity index (χ1v) is 9.05. The van der Waals surface area contributed by atoms with E-state index in [1.165, 1.54) is 24.4 Å². The van der Waals surface area contributed by atoms with Crippen molar-refractivity contribution >= 4 is 11.6 Å². The van der Waals surface area contributed by atoms with E-state index in [0.29, 0.717) is 11.8 Å². The van der Waals surface area contributed by atoms with E-state index in [0.717, 1.165) is 12.1 Å². The van der Waals surface area contributed by atoms with Crippen molar-refractivity contribution in [3.8, 4) is 11.8 Å². The molecule has 30 heavy (non-hydrogen) atoms. The molecule has 0 spiro atoms. The molecule has 1 aliphatic heterocycles. The summed E-state index contributed by atoms with van der Waals surface area (Å²) < 4.78 is 85.8. The van der Waals surface area contributed by atoms with E-state index in [4.69, 9.17) is 21.6 Å². The van der Waals surface area contributed by atoms with E-state index in [-0.39, 0.29) is 23.7 Å². The van der Waals surface area contributed by atoms with E-state index >= 15 is 0 Å². The van der Waals surface area contributed by atoms with Gasteiger partial charge in [0, 0.05) is 24.2 Å². The fraction of sp³-hybridized carbons (Fsp3) is 0.368. The Hall–Kier alpha value is -2.51. The van der Waals surface area contributed by atoms with Crippen LogP contribution in [0.5, 0.6) is 5.75 Å². The second-order valence-corrected chi connectivity index (χ2v) is 7.15. The van der Waals surface area contributed by atoms with Crippen LogP contribution >= 0.6 is 11.6 Å². The van der Waals surface area contributed by atoms with Crippen LogP contribution in [0.2, 0.25) is 5.15 Å². The zero-order chi connectivity index (χ0) is 22.1. The minimum atomic E-state index is -4.86. The van der Waals surface area contributed by atoms with Gasteiger partial charge in [0.25, 0.3) is 0 Å². The molecule has 0 radical (unpaired) electrons. The van der Waals surface area contributed by atoms with Crippen molar-refractivity contribution in [1.29, 1.82) is 5.26 Å². The predicted molar refractivity (Wildman–Crippen MR) is 95.0 cm³/mol. The third kappa shape index (κ3) is 4.96. The molecule has 1 fully saturated rings. The lowest BCUT2D eigenvalue weighted by Gasteiger charge is -2.23. The summed E-state index contributed by atoms with van der Waals surface area (Å²) in [6.07, 6.45) is -8.28. The number of ether oxygens (including phenoxy) is 1. The molecule has 3 atom stereocenters. The van der Waals surface area contributed by atoms with Crippen LogP contribution in [-0.4, -0.2) is 29.9 Å². The molecule has 1 N–H and O–H groups in total. The van der Waals surface area contributed by atoms with Gasteiger partial charge < -0.3 is 4.74 Å². The molecule has 0 amide bonds. The van der Waals surface area contributed by atoms with Crippen LogP contribution in [-0.2, 0) is 6.18 Å². The molecule has 3 unspecified atom stereocenters. The number of benzene rings is 1. The molecule has 0 saturated carbocycles. The second-order valence-electron chi connectivity index (χ2n) is 6.76. The van der Waals surface area contributed by atoms with E-state index < -0.39 is 41.5 Å². The van der Waals surface area contributed by atoms with Crippen molar-refractivity contribution in [2.24, 2.45) is 0 Å². The molecule has 0 aliphatic carbocycles. The Labute approximate surface area is 172 Å². The summed E-state index contributed by atoms with van der Waals surface area (Å²) in [5, 5.41) is 11.4. The number of nitrogens with zero attached hydrogens (tertiary/aromatic N) is 2. The Morgan fingerprint density at radius 3 is 2.50 bits per heavy atom. The fourth-order valence-corrected chi connectivity index (χ4v) is 3.61. The van der Waals surface area contributed by atoms with Crippen LogP contribution in [0, 0.1) is 11.3 Å². The average Bonchev–Trinajstić information content (AvgIpc) is 3.10. The van der Waals surface area contributed by atoms with E-state index in [1.54, 1.807) is 0 Å². The molecule has 160 valence electrons. The van der Waals surface area contributed by atoms with Gasteiger partial charge in [0.2, 0.25) is 0 Å². The van der Waals surface area contributed by atoms with Crippen molar-refractivity contribution in [2.75, 3.05) is 6.61 Å². The molecule has 2 aromatic rings. The number of hydrogen-bond acceptors (Lipinski definition) is 4. The molecule has 3 rings (SSSR count). The maximum absolute atomic E-state index is 13.6. The minimum Gasteiger partial charge on any atom is -0.492 e. The molecule has 1 aromatic heterocycles. The summed E-state index contributed by atoms with van der Waals surface area (Å²) in [6, 6.07) is 4.12. The molecule has 1 aromatic carbocycles. The van der Waals surface area contributed by atoms with Crippen molar-refractivity contribution in [2.45, 2.75) is 36.8 Å². The number of hydrogen-bond donors (Lipinski definition) is 1. The van der Waals surface area contributed by atoms with E-state index in [2.05, 4.69) is 10.3 Å². The van der Waals surface area contributed by atoms with Gasteiger partial charge in [-0.05, 0) is 30.2 Å².